The van der Waals surface area contributed by atoms with Gasteiger partial charge in [0.25, 0.3) is 11.8 Å². The van der Waals surface area contributed by atoms with Gasteiger partial charge in [-0.25, -0.2) is 10.0 Å². The molecular formula is C18H26N4O5. The Balaban J connectivity index is 2.08. The molecule has 9 heteroatoms. The van der Waals surface area contributed by atoms with Crippen molar-refractivity contribution in [1.29, 1.82) is 0 Å². The molecule has 3 amide bonds. The first-order valence-electron chi connectivity index (χ1n) is 8.85. The molecule has 0 atom stereocenters. The van der Waals surface area contributed by atoms with Gasteiger partial charge in [-0.05, 0) is 18.4 Å². The molecule has 1 saturated heterocycles. The number of ether oxygens (including phenoxy) is 2. The number of hydrazine groups is 1. The Hall–Kier alpha value is -2.84. The second-order valence-electron chi connectivity index (χ2n) is 6.58. The van der Waals surface area contributed by atoms with E-state index in [0.717, 1.165) is 0 Å². The Kier molecular flexibility index (Phi) is 6.98. The summed E-state index contributed by atoms with van der Waals surface area (Å²) in [6.45, 7) is 4.53. The number of hydrogen-bond acceptors (Lipinski definition) is 6. The van der Waals surface area contributed by atoms with Crippen LogP contribution in [0.5, 0.6) is 11.8 Å². The van der Waals surface area contributed by atoms with E-state index >= 15 is 0 Å². The predicted molar refractivity (Wildman–Crippen MR) is 97.2 cm³/mol. The zero-order chi connectivity index (χ0) is 20.0. The number of hydrogen-bond donors (Lipinski definition) is 1. The van der Waals surface area contributed by atoms with E-state index in [4.69, 9.17) is 9.47 Å². The third-order valence-corrected chi connectivity index (χ3v) is 4.05. The lowest BCUT2D eigenvalue weighted by atomic mass is 10.1. The molecule has 27 heavy (non-hydrogen) atoms. The molecule has 0 radical (unpaired) electrons. The van der Waals surface area contributed by atoms with Crippen molar-refractivity contribution in [2.75, 3.05) is 33.9 Å². The van der Waals surface area contributed by atoms with Crippen molar-refractivity contribution in [1.82, 2.24) is 20.3 Å². The summed E-state index contributed by atoms with van der Waals surface area (Å²) in [5.74, 6) is -0.245. The number of nitrogens with one attached hydrogen (secondary N) is 1. The van der Waals surface area contributed by atoms with E-state index in [1.807, 2.05) is 13.8 Å². The van der Waals surface area contributed by atoms with Crippen molar-refractivity contribution in [3.8, 4) is 11.8 Å². The fourth-order valence-corrected chi connectivity index (χ4v) is 2.79. The third-order valence-electron chi connectivity index (χ3n) is 4.05. The predicted octanol–water partition coefficient (Wildman–Crippen LogP) is 0.851. The molecule has 148 valence electrons. The number of carbonyl (C=O) groups excluding carboxylic acids is 3. The van der Waals surface area contributed by atoms with Gasteiger partial charge in [-0.3, -0.25) is 14.4 Å². The zero-order valence-corrected chi connectivity index (χ0v) is 16.2. The van der Waals surface area contributed by atoms with E-state index in [9.17, 15) is 14.4 Å². The van der Waals surface area contributed by atoms with Crippen LogP contribution in [-0.4, -0.2) is 66.6 Å². The number of pyridine rings is 1. The van der Waals surface area contributed by atoms with Gasteiger partial charge in [0.2, 0.25) is 17.7 Å². The van der Waals surface area contributed by atoms with Crippen LogP contribution >= 0.6 is 0 Å². The topological polar surface area (TPSA) is 101 Å². The highest BCUT2D eigenvalue weighted by atomic mass is 16.5. The van der Waals surface area contributed by atoms with Gasteiger partial charge >= 0.3 is 0 Å². The van der Waals surface area contributed by atoms with E-state index in [0.29, 0.717) is 31.8 Å². The molecule has 0 saturated carbocycles. The lowest BCUT2D eigenvalue weighted by Gasteiger charge is -2.28. The maximum absolute atomic E-state index is 12.9. The second kappa shape index (κ2) is 9.20. The number of nitrogens with zero attached hydrogens (tertiary/aromatic N) is 3. The maximum Gasteiger partial charge on any atom is 0.277 e. The van der Waals surface area contributed by atoms with Crippen LogP contribution in [0.4, 0.5) is 0 Å². The fourth-order valence-electron chi connectivity index (χ4n) is 2.79. The first-order chi connectivity index (χ1) is 12.9. The average Bonchev–Trinajstić information content (AvgIpc) is 3.14. The molecule has 1 aromatic heterocycles. The largest absolute Gasteiger partial charge is 0.481 e. The zero-order valence-electron chi connectivity index (χ0n) is 16.2. The van der Waals surface area contributed by atoms with Crippen LogP contribution in [0.3, 0.4) is 0 Å². The monoisotopic (exact) mass is 378 g/mol. The standard InChI is InChI=1S/C18H26N4O5/c1-12(2)10-14(23)19-11-16(24)21-8-5-9-22(21)18(25)13-6-7-15(26-3)20-17(13)27-4/h6-7,12H,5,8-11H2,1-4H3,(H,19,23). The summed E-state index contributed by atoms with van der Waals surface area (Å²) < 4.78 is 10.2. The van der Waals surface area contributed by atoms with Gasteiger partial charge < -0.3 is 14.8 Å². The van der Waals surface area contributed by atoms with E-state index < -0.39 is 0 Å². The van der Waals surface area contributed by atoms with Gasteiger partial charge in [-0.1, -0.05) is 13.8 Å². The molecule has 2 heterocycles. The molecule has 9 nitrogen and oxygen atoms in total. The highest BCUT2D eigenvalue weighted by Gasteiger charge is 2.33. The molecule has 0 aromatic carbocycles. The normalized spacial score (nSPS) is 13.7. The Morgan fingerprint density at radius 2 is 1.85 bits per heavy atom. The van der Waals surface area contributed by atoms with E-state index in [1.54, 1.807) is 12.1 Å². The van der Waals surface area contributed by atoms with Crippen molar-refractivity contribution in [2.24, 2.45) is 5.92 Å². The lowest BCUT2D eigenvalue weighted by Crippen LogP contribution is -2.48. The van der Waals surface area contributed by atoms with Crippen molar-refractivity contribution in [3.05, 3.63) is 17.7 Å². The SMILES string of the molecule is COc1ccc(C(=O)N2CCCN2C(=O)CNC(=O)CC(C)C)c(OC)n1. The summed E-state index contributed by atoms with van der Waals surface area (Å²) in [5, 5.41) is 5.33. The highest BCUT2D eigenvalue weighted by Crippen LogP contribution is 2.23. The molecule has 1 aliphatic rings. The second-order valence-corrected chi connectivity index (χ2v) is 6.58. The molecule has 0 spiro atoms. The Labute approximate surface area is 158 Å². The molecule has 1 fully saturated rings. The Morgan fingerprint density at radius 3 is 2.48 bits per heavy atom. The summed E-state index contributed by atoms with van der Waals surface area (Å²) in [6, 6.07) is 3.11. The van der Waals surface area contributed by atoms with Gasteiger partial charge in [0.15, 0.2) is 0 Å². The molecular weight excluding hydrogens is 352 g/mol. The minimum Gasteiger partial charge on any atom is -0.481 e. The van der Waals surface area contributed by atoms with Crippen LogP contribution < -0.4 is 14.8 Å². The van der Waals surface area contributed by atoms with Crippen LogP contribution in [0.15, 0.2) is 12.1 Å². The van der Waals surface area contributed by atoms with E-state index in [2.05, 4.69) is 10.3 Å². The van der Waals surface area contributed by atoms with Gasteiger partial charge in [-0.15, -0.1) is 0 Å². The molecule has 1 aromatic rings. The first-order valence-corrected chi connectivity index (χ1v) is 8.85. The molecule has 0 unspecified atom stereocenters. The summed E-state index contributed by atoms with van der Waals surface area (Å²) in [6.07, 6.45) is 1.01. The third kappa shape index (κ3) is 5.08. The highest BCUT2D eigenvalue weighted by molar-refractivity contribution is 5.98. The average molecular weight is 378 g/mol. The van der Waals surface area contributed by atoms with Gasteiger partial charge in [-0.2, -0.15) is 4.98 Å². The van der Waals surface area contributed by atoms with E-state index in [-0.39, 0.29) is 41.6 Å². The summed E-state index contributed by atoms with van der Waals surface area (Å²) in [4.78, 5) is 41.3. The fraction of sp³-hybridized carbons (Fsp3) is 0.556. The molecule has 2 rings (SSSR count). The summed E-state index contributed by atoms with van der Waals surface area (Å²) >= 11 is 0. The van der Waals surface area contributed by atoms with Crippen LogP contribution in [0.1, 0.15) is 37.0 Å². The van der Waals surface area contributed by atoms with Crippen molar-refractivity contribution < 1.29 is 23.9 Å². The lowest BCUT2D eigenvalue weighted by molar-refractivity contribution is -0.141. The molecule has 0 aliphatic carbocycles. The molecule has 1 N–H and O–H groups in total. The minimum atomic E-state index is -0.388. The molecule has 1 aliphatic heterocycles. The number of amides is 3. The van der Waals surface area contributed by atoms with Crippen LogP contribution in [0.2, 0.25) is 0 Å². The number of rotatable bonds is 7. The van der Waals surface area contributed by atoms with Gasteiger partial charge in [0.1, 0.15) is 5.56 Å². The van der Waals surface area contributed by atoms with Crippen molar-refractivity contribution >= 4 is 17.7 Å². The summed E-state index contributed by atoms with van der Waals surface area (Å²) in [5.41, 5.74) is 0.238. The van der Waals surface area contributed by atoms with Gasteiger partial charge in [0, 0.05) is 25.6 Å². The number of methoxy groups -OCH3 is 2. The quantitative estimate of drug-likeness (QED) is 0.755. The number of aromatic nitrogens is 1. The van der Waals surface area contributed by atoms with Crippen LogP contribution in [-0.2, 0) is 9.59 Å². The van der Waals surface area contributed by atoms with Crippen LogP contribution in [0, 0.1) is 5.92 Å². The van der Waals surface area contributed by atoms with Crippen LogP contribution in [0.25, 0.3) is 0 Å². The van der Waals surface area contributed by atoms with Crippen molar-refractivity contribution in [2.45, 2.75) is 26.7 Å². The van der Waals surface area contributed by atoms with Gasteiger partial charge in [0.05, 0.1) is 20.8 Å². The Bertz CT molecular complexity index is 707. The van der Waals surface area contributed by atoms with Crippen molar-refractivity contribution in [3.63, 3.8) is 0 Å². The van der Waals surface area contributed by atoms with E-state index in [1.165, 1.54) is 24.2 Å². The maximum atomic E-state index is 12.9. The smallest absolute Gasteiger partial charge is 0.277 e. The summed E-state index contributed by atoms with van der Waals surface area (Å²) in [7, 11) is 2.88. The minimum absolute atomic E-state index is 0.129. The Morgan fingerprint density at radius 1 is 1.15 bits per heavy atom. The molecule has 0 bridgehead atoms. The number of carbonyl (C=O) groups is 3. The first kappa shape index (κ1) is 20.5.